The molecule has 0 aliphatic carbocycles. The van der Waals surface area contributed by atoms with Crippen LogP contribution in [0.1, 0.15) is 10.6 Å². The quantitative estimate of drug-likeness (QED) is 0.710. The molecule has 26 heavy (non-hydrogen) atoms. The Morgan fingerprint density at radius 3 is 2.42 bits per heavy atom. The highest BCUT2D eigenvalue weighted by molar-refractivity contribution is 7.92. The third-order valence-electron chi connectivity index (χ3n) is 3.30. The van der Waals surface area contributed by atoms with Crippen LogP contribution in [0.2, 0.25) is 0 Å². The van der Waals surface area contributed by atoms with E-state index in [0.29, 0.717) is 11.8 Å². The molecule has 9 heteroatoms. The molecule has 0 radical (unpaired) electrons. The van der Waals surface area contributed by atoms with Gasteiger partial charge in [0.1, 0.15) is 16.5 Å². The number of sulfonamides is 1. The zero-order chi connectivity index (χ0) is 18.7. The van der Waals surface area contributed by atoms with Crippen molar-refractivity contribution in [1.82, 2.24) is 0 Å². The zero-order valence-corrected chi connectivity index (χ0v) is 13.9. The highest BCUT2D eigenvalue weighted by Crippen LogP contribution is 2.22. The van der Waals surface area contributed by atoms with E-state index in [1.165, 1.54) is 36.6 Å². The number of hydrogen-bond donors (Lipinski definition) is 2. The molecule has 2 N–H and O–H groups in total. The van der Waals surface area contributed by atoms with E-state index >= 15 is 0 Å². The predicted molar refractivity (Wildman–Crippen MR) is 90.3 cm³/mol. The van der Waals surface area contributed by atoms with Gasteiger partial charge in [0.25, 0.3) is 15.9 Å². The van der Waals surface area contributed by atoms with Crippen LogP contribution in [0.25, 0.3) is 0 Å². The average Bonchev–Trinajstić information content (AvgIpc) is 3.09. The lowest BCUT2D eigenvalue weighted by Crippen LogP contribution is -2.15. The van der Waals surface area contributed by atoms with E-state index in [9.17, 15) is 22.0 Å². The first kappa shape index (κ1) is 17.6. The van der Waals surface area contributed by atoms with Gasteiger partial charge in [-0.1, -0.05) is 6.07 Å². The highest BCUT2D eigenvalue weighted by atomic mass is 32.2. The molecule has 0 aliphatic rings. The number of rotatable bonds is 5. The van der Waals surface area contributed by atoms with Gasteiger partial charge < -0.3 is 9.73 Å². The second kappa shape index (κ2) is 6.96. The number of furan rings is 1. The average molecular weight is 378 g/mol. The lowest BCUT2D eigenvalue weighted by atomic mass is 10.3. The molecule has 0 spiro atoms. The van der Waals surface area contributed by atoms with Crippen LogP contribution in [0.15, 0.2) is 70.2 Å². The van der Waals surface area contributed by atoms with Crippen LogP contribution in [-0.4, -0.2) is 14.3 Å². The molecule has 0 bridgehead atoms. The van der Waals surface area contributed by atoms with Gasteiger partial charge in [0.2, 0.25) is 0 Å². The summed E-state index contributed by atoms with van der Waals surface area (Å²) < 4.78 is 58.4. The molecular formula is C17H12F2N2O4S. The summed E-state index contributed by atoms with van der Waals surface area (Å²) in [6.45, 7) is 0. The fraction of sp³-hybridized carbons (Fsp3) is 0. The summed E-state index contributed by atoms with van der Waals surface area (Å²) in [5.74, 6) is -2.52. The maximum atomic E-state index is 13.7. The SMILES string of the molecule is O=C(Nc1cccc(NS(=O)(=O)c2ccc(F)cc2F)c1)c1ccco1. The molecule has 6 nitrogen and oxygen atoms in total. The topological polar surface area (TPSA) is 88.4 Å². The van der Waals surface area contributed by atoms with Gasteiger partial charge in [0, 0.05) is 11.8 Å². The number of halogens is 2. The molecule has 3 aromatic rings. The summed E-state index contributed by atoms with van der Waals surface area (Å²) in [5, 5.41) is 2.54. The third kappa shape index (κ3) is 3.89. The molecule has 3 rings (SSSR count). The van der Waals surface area contributed by atoms with Gasteiger partial charge in [-0.15, -0.1) is 0 Å². The Bertz CT molecular complexity index is 1050. The Kier molecular flexibility index (Phi) is 4.72. The normalized spacial score (nSPS) is 11.2. The lowest BCUT2D eigenvalue weighted by Gasteiger charge is -2.10. The minimum Gasteiger partial charge on any atom is -0.459 e. The molecule has 1 amide bonds. The van der Waals surface area contributed by atoms with Gasteiger partial charge in [-0.05, 0) is 42.5 Å². The smallest absolute Gasteiger partial charge is 0.291 e. The van der Waals surface area contributed by atoms with Crippen LogP contribution >= 0.6 is 0 Å². The molecule has 1 heterocycles. The van der Waals surface area contributed by atoms with Gasteiger partial charge in [0.05, 0.1) is 12.0 Å². The summed E-state index contributed by atoms with van der Waals surface area (Å²) in [6.07, 6.45) is 1.34. The second-order valence-corrected chi connectivity index (χ2v) is 6.84. The van der Waals surface area contributed by atoms with Crippen molar-refractivity contribution < 1.29 is 26.4 Å². The van der Waals surface area contributed by atoms with Crippen LogP contribution in [0.4, 0.5) is 20.2 Å². The number of nitrogens with one attached hydrogen (secondary N) is 2. The molecule has 0 atom stereocenters. The van der Waals surface area contributed by atoms with Crippen molar-refractivity contribution in [2.45, 2.75) is 4.90 Å². The number of anilines is 2. The summed E-state index contributed by atoms with van der Waals surface area (Å²) in [4.78, 5) is 11.3. The molecule has 0 saturated heterocycles. The molecule has 1 aromatic heterocycles. The van der Waals surface area contributed by atoms with E-state index in [2.05, 4.69) is 10.0 Å². The minimum atomic E-state index is -4.27. The third-order valence-corrected chi connectivity index (χ3v) is 4.72. The first-order valence-electron chi connectivity index (χ1n) is 7.28. The van der Waals surface area contributed by atoms with Crippen molar-refractivity contribution in [3.05, 3.63) is 78.3 Å². The number of carbonyl (C=O) groups excluding carboxylic acids is 1. The summed E-state index contributed by atoms with van der Waals surface area (Å²) >= 11 is 0. The van der Waals surface area contributed by atoms with Gasteiger partial charge in [-0.3, -0.25) is 9.52 Å². The Morgan fingerprint density at radius 1 is 0.962 bits per heavy atom. The number of carbonyl (C=O) groups is 1. The van der Waals surface area contributed by atoms with Crippen molar-refractivity contribution in [3.8, 4) is 0 Å². The Morgan fingerprint density at radius 2 is 1.73 bits per heavy atom. The number of benzene rings is 2. The first-order valence-corrected chi connectivity index (χ1v) is 8.76. The molecule has 0 unspecified atom stereocenters. The highest BCUT2D eigenvalue weighted by Gasteiger charge is 2.20. The van der Waals surface area contributed by atoms with Crippen LogP contribution in [-0.2, 0) is 10.0 Å². The summed E-state index contributed by atoms with van der Waals surface area (Å²) in [6, 6.07) is 11.0. The van der Waals surface area contributed by atoms with Gasteiger partial charge in [-0.25, -0.2) is 17.2 Å². The molecule has 0 saturated carbocycles. The van der Waals surface area contributed by atoms with Gasteiger partial charge in [-0.2, -0.15) is 0 Å². The van der Waals surface area contributed by atoms with Crippen molar-refractivity contribution in [2.75, 3.05) is 10.0 Å². The fourth-order valence-corrected chi connectivity index (χ4v) is 3.27. The van der Waals surface area contributed by atoms with Crippen LogP contribution in [0.3, 0.4) is 0 Å². The molecule has 0 aliphatic heterocycles. The molecule has 2 aromatic carbocycles. The summed E-state index contributed by atoms with van der Waals surface area (Å²) in [5.41, 5.74) is 0.386. The van der Waals surface area contributed by atoms with Gasteiger partial charge >= 0.3 is 0 Å². The van der Waals surface area contributed by atoms with Crippen LogP contribution in [0, 0.1) is 11.6 Å². The number of hydrogen-bond acceptors (Lipinski definition) is 4. The fourth-order valence-electron chi connectivity index (χ4n) is 2.16. The van der Waals surface area contributed by atoms with E-state index in [4.69, 9.17) is 4.42 Å². The summed E-state index contributed by atoms with van der Waals surface area (Å²) in [7, 11) is -4.27. The lowest BCUT2D eigenvalue weighted by molar-refractivity contribution is 0.0996. The van der Waals surface area contributed by atoms with Gasteiger partial charge in [0.15, 0.2) is 5.76 Å². The zero-order valence-electron chi connectivity index (χ0n) is 13.1. The van der Waals surface area contributed by atoms with Crippen molar-refractivity contribution in [2.24, 2.45) is 0 Å². The van der Waals surface area contributed by atoms with Crippen molar-refractivity contribution in [3.63, 3.8) is 0 Å². The first-order chi connectivity index (χ1) is 12.3. The molecular weight excluding hydrogens is 366 g/mol. The second-order valence-electron chi connectivity index (χ2n) is 5.19. The van der Waals surface area contributed by atoms with Crippen LogP contribution < -0.4 is 10.0 Å². The minimum absolute atomic E-state index is 0.0874. The number of amides is 1. The van der Waals surface area contributed by atoms with Crippen LogP contribution in [0.5, 0.6) is 0 Å². The monoisotopic (exact) mass is 378 g/mol. The Balaban J connectivity index is 1.81. The largest absolute Gasteiger partial charge is 0.459 e. The standard InChI is InChI=1S/C17H12F2N2O4S/c18-11-6-7-16(14(19)9-11)26(23,24)21-13-4-1-3-12(10-13)20-17(22)15-5-2-8-25-15/h1-10,21H,(H,20,22). The van der Waals surface area contributed by atoms with E-state index in [-0.39, 0.29) is 11.4 Å². The molecule has 0 fully saturated rings. The Hall–Kier alpha value is -3.20. The van der Waals surface area contributed by atoms with Crippen molar-refractivity contribution in [1.29, 1.82) is 0 Å². The predicted octanol–water partition coefficient (Wildman–Crippen LogP) is 3.61. The maximum Gasteiger partial charge on any atom is 0.291 e. The van der Waals surface area contributed by atoms with Crippen molar-refractivity contribution >= 4 is 27.3 Å². The van der Waals surface area contributed by atoms with E-state index in [0.717, 1.165) is 12.1 Å². The van der Waals surface area contributed by atoms with E-state index in [1.807, 2.05) is 0 Å². The van der Waals surface area contributed by atoms with E-state index < -0.39 is 32.5 Å². The molecule has 134 valence electrons. The maximum absolute atomic E-state index is 13.7. The Labute approximate surface area is 147 Å². The van der Waals surface area contributed by atoms with E-state index in [1.54, 1.807) is 6.07 Å².